The number of halogens is 1. The number of methoxy groups -OCH3 is 1. The first-order chi connectivity index (χ1) is 11.9. The fraction of sp³-hybridized carbons (Fsp3) is 0.316. The molecule has 2 aromatic carbocycles. The molecule has 1 atom stereocenters. The Morgan fingerprint density at radius 1 is 1.28 bits per heavy atom. The topological polar surface area (TPSA) is 59.6 Å². The maximum Gasteiger partial charge on any atom is 0.319 e. The van der Waals surface area contributed by atoms with E-state index in [9.17, 15) is 9.18 Å². The second kappa shape index (κ2) is 6.63. The molecule has 1 unspecified atom stereocenters. The van der Waals surface area contributed by atoms with Crippen molar-refractivity contribution in [3.8, 4) is 11.5 Å². The lowest BCUT2D eigenvalue weighted by Crippen LogP contribution is -2.42. The molecule has 0 aromatic heterocycles. The Balaban J connectivity index is 1.80. The average Bonchev–Trinajstić information content (AvgIpc) is 2.55. The van der Waals surface area contributed by atoms with Gasteiger partial charge in [-0.2, -0.15) is 0 Å². The van der Waals surface area contributed by atoms with Gasteiger partial charge in [-0.25, -0.2) is 9.18 Å². The summed E-state index contributed by atoms with van der Waals surface area (Å²) in [5.74, 6) is 0.788. The molecule has 25 heavy (non-hydrogen) atoms. The number of nitrogens with one attached hydrogen (secondary N) is 2. The van der Waals surface area contributed by atoms with Crippen molar-refractivity contribution in [2.75, 3.05) is 12.4 Å². The zero-order valence-electron chi connectivity index (χ0n) is 14.4. The van der Waals surface area contributed by atoms with Gasteiger partial charge in [0.15, 0.2) is 0 Å². The number of rotatable bonds is 3. The summed E-state index contributed by atoms with van der Waals surface area (Å²) in [5, 5.41) is 5.68. The molecule has 1 aliphatic rings. The van der Waals surface area contributed by atoms with E-state index in [-0.39, 0.29) is 17.9 Å². The molecule has 0 radical (unpaired) electrons. The van der Waals surface area contributed by atoms with Crippen LogP contribution in [0.5, 0.6) is 11.5 Å². The maximum atomic E-state index is 13.6. The van der Waals surface area contributed by atoms with E-state index < -0.39 is 5.60 Å². The van der Waals surface area contributed by atoms with Crippen LogP contribution in [-0.4, -0.2) is 18.7 Å². The molecular weight excluding hydrogens is 323 g/mol. The minimum atomic E-state index is -0.465. The van der Waals surface area contributed by atoms with Crippen LogP contribution in [0.1, 0.15) is 31.9 Å². The van der Waals surface area contributed by atoms with E-state index in [0.29, 0.717) is 29.2 Å². The molecule has 132 valence electrons. The Hall–Kier alpha value is -2.76. The second-order valence-corrected chi connectivity index (χ2v) is 6.60. The Morgan fingerprint density at radius 3 is 2.80 bits per heavy atom. The standard InChI is InChI=1S/C19H21FN2O3/c1-19(2)11-15(13-10-12(20)8-9-16(13)25-19)22-18(23)21-14-6-4-5-7-17(14)24-3/h4-10,15H,11H2,1-3H3,(H2,21,22,23). The van der Waals surface area contributed by atoms with E-state index in [4.69, 9.17) is 9.47 Å². The molecule has 1 aliphatic heterocycles. The van der Waals surface area contributed by atoms with Gasteiger partial charge >= 0.3 is 6.03 Å². The summed E-state index contributed by atoms with van der Waals surface area (Å²) >= 11 is 0. The van der Waals surface area contributed by atoms with Gasteiger partial charge in [-0.15, -0.1) is 0 Å². The molecule has 2 N–H and O–H groups in total. The number of ether oxygens (including phenoxy) is 2. The lowest BCUT2D eigenvalue weighted by Gasteiger charge is -2.37. The van der Waals surface area contributed by atoms with Crippen LogP contribution < -0.4 is 20.1 Å². The van der Waals surface area contributed by atoms with Crippen molar-refractivity contribution in [2.24, 2.45) is 0 Å². The van der Waals surface area contributed by atoms with Crippen LogP contribution in [0, 0.1) is 5.82 Å². The summed E-state index contributed by atoms with van der Waals surface area (Å²) in [6.45, 7) is 3.87. The highest BCUT2D eigenvalue weighted by molar-refractivity contribution is 5.91. The number of carbonyl (C=O) groups excluding carboxylic acids is 1. The number of fused-ring (bicyclic) bond motifs is 1. The van der Waals surface area contributed by atoms with Crippen LogP contribution in [0.4, 0.5) is 14.9 Å². The monoisotopic (exact) mass is 344 g/mol. The van der Waals surface area contributed by atoms with Gasteiger partial charge in [-0.05, 0) is 44.2 Å². The first kappa shape index (κ1) is 17.1. The molecule has 2 aromatic rings. The predicted octanol–water partition coefficient (Wildman–Crippen LogP) is 4.26. The lowest BCUT2D eigenvalue weighted by molar-refractivity contribution is 0.0680. The smallest absolute Gasteiger partial charge is 0.319 e. The van der Waals surface area contributed by atoms with Crippen molar-refractivity contribution < 1.29 is 18.7 Å². The maximum absolute atomic E-state index is 13.6. The van der Waals surface area contributed by atoms with Gasteiger partial charge < -0.3 is 20.1 Å². The van der Waals surface area contributed by atoms with Crippen molar-refractivity contribution in [2.45, 2.75) is 31.9 Å². The lowest BCUT2D eigenvalue weighted by atomic mass is 9.89. The number of urea groups is 1. The highest BCUT2D eigenvalue weighted by atomic mass is 19.1. The molecule has 0 saturated carbocycles. The third-order valence-corrected chi connectivity index (χ3v) is 4.09. The van der Waals surface area contributed by atoms with Gasteiger partial charge in [0.25, 0.3) is 0 Å². The van der Waals surface area contributed by atoms with E-state index in [0.717, 1.165) is 0 Å². The summed E-state index contributed by atoms with van der Waals surface area (Å²) in [5.41, 5.74) is 0.732. The number of benzene rings is 2. The van der Waals surface area contributed by atoms with E-state index in [1.165, 1.54) is 12.1 Å². The Morgan fingerprint density at radius 2 is 2.04 bits per heavy atom. The molecule has 1 heterocycles. The fourth-order valence-electron chi connectivity index (χ4n) is 3.02. The van der Waals surface area contributed by atoms with Crippen molar-refractivity contribution in [3.05, 3.63) is 53.8 Å². The van der Waals surface area contributed by atoms with Crippen molar-refractivity contribution in [1.82, 2.24) is 5.32 Å². The first-order valence-electron chi connectivity index (χ1n) is 8.07. The molecule has 0 spiro atoms. The van der Waals surface area contributed by atoms with Crippen LogP contribution in [-0.2, 0) is 0 Å². The Labute approximate surface area is 146 Å². The number of carbonyl (C=O) groups is 1. The Bertz CT molecular complexity index is 792. The summed E-state index contributed by atoms with van der Waals surface area (Å²) in [6.07, 6.45) is 0.531. The van der Waals surface area contributed by atoms with E-state index in [1.54, 1.807) is 31.4 Å². The van der Waals surface area contributed by atoms with Gasteiger partial charge in [0.2, 0.25) is 0 Å². The zero-order valence-corrected chi connectivity index (χ0v) is 14.4. The van der Waals surface area contributed by atoms with Crippen LogP contribution in [0.2, 0.25) is 0 Å². The summed E-state index contributed by atoms with van der Waals surface area (Å²) < 4.78 is 24.8. The van der Waals surface area contributed by atoms with Crippen LogP contribution in [0.15, 0.2) is 42.5 Å². The van der Waals surface area contributed by atoms with E-state index >= 15 is 0 Å². The average molecular weight is 344 g/mol. The normalized spacial score (nSPS) is 17.8. The highest BCUT2D eigenvalue weighted by Crippen LogP contribution is 2.39. The predicted molar refractivity (Wildman–Crippen MR) is 93.6 cm³/mol. The van der Waals surface area contributed by atoms with Gasteiger partial charge in [0, 0.05) is 12.0 Å². The molecule has 2 amide bonds. The third kappa shape index (κ3) is 3.84. The first-order valence-corrected chi connectivity index (χ1v) is 8.07. The van der Waals surface area contributed by atoms with Crippen LogP contribution in [0.3, 0.4) is 0 Å². The molecule has 0 saturated heterocycles. The molecule has 0 bridgehead atoms. The number of amides is 2. The van der Waals surface area contributed by atoms with Gasteiger partial charge in [0.1, 0.15) is 22.9 Å². The third-order valence-electron chi connectivity index (χ3n) is 4.09. The molecule has 6 heteroatoms. The minimum absolute atomic E-state index is 0.357. The largest absolute Gasteiger partial charge is 0.495 e. The van der Waals surface area contributed by atoms with Crippen LogP contribution in [0.25, 0.3) is 0 Å². The van der Waals surface area contributed by atoms with Gasteiger partial charge in [-0.1, -0.05) is 12.1 Å². The number of hydrogen-bond donors (Lipinski definition) is 2. The second-order valence-electron chi connectivity index (χ2n) is 6.60. The summed E-state index contributed by atoms with van der Waals surface area (Å²) in [7, 11) is 1.54. The van der Waals surface area contributed by atoms with Gasteiger partial charge in [-0.3, -0.25) is 0 Å². The molecule has 3 rings (SSSR count). The molecule has 0 aliphatic carbocycles. The molecule has 5 nitrogen and oxygen atoms in total. The van der Waals surface area contributed by atoms with Crippen molar-refractivity contribution in [1.29, 1.82) is 0 Å². The fourth-order valence-corrected chi connectivity index (χ4v) is 3.02. The van der Waals surface area contributed by atoms with Crippen molar-refractivity contribution >= 4 is 11.7 Å². The quantitative estimate of drug-likeness (QED) is 0.875. The molecular formula is C19H21FN2O3. The van der Waals surface area contributed by atoms with Crippen molar-refractivity contribution in [3.63, 3.8) is 0 Å². The highest BCUT2D eigenvalue weighted by Gasteiger charge is 2.34. The molecule has 0 fully saturated rings. The van der Waals surface area contributed by atoms with E-state index in [1.807, 2.05) is 19.9 Å². The summed E-state index contributed by atoms with van der Waals surface area (Å²) in [4.78, 5) is 12.4. The number of hydrogen-bond acceptors (Lipinski definition) is 3. The number of anilines is 1. The SMILES string of the molecule is COc1ccccc1NC(=O)NC1CC(C)(C)Oc2ccc(F)cc21. The van der Waals surface area contributed by atoms with Gasteiger partial charge in [0.05, 0.1) is 18.8 Å². The van der Waals surface area contributed by atoms with E-state index in [2.05, 4.69) is 10.6 Å². The Kier molecular flexibility index (Phi) is 4.53. The number of para-hydroxylation sites is 2. The van der Waals surface area contributed by atoms with Crippen LogP contribution >= 0.6 is 0 Å². The zero-order chi connectivity index (χ0) is 18.0. The minimum Gasteiger partial charge on any atom is -0.495 e. The summed E-state index contributed by atoms with van der Waals surface area (Å²) in [6, 6.07) is 10.7.